The van der Waals surface area contributed by atoms with Crippen molar-refractivity contribution in [3.8, 4) is 5.75 Å². The van der Waals surface area contributed by atoms with Crippen LogP contribution in [-0.4, -0.2) is 13.2 Å². The maximum absolute atomic E-state index is 5.29. The first kappa shape index (κ1) is 13.4. The highest BCUT2D eigenvalue weighted by Crippen LogP contribution is 2.23. The summed E-state index contributed by atoms with van der Waals surface area (Å²) < 4.78 is 5.29. The van der Waals surface area contributed by atoms with Gasteiger partial charge in [-0.1, -0.05) is 37.8 Å². The van der Waals surface area contributed by atoms with E-state index >= 15 is 0 Å². The molecule has 2 heteroatoms. The maximum atomic E-state index is 5.29. The Hall–Kier alpha value is -1.02. The average Bonchev–Trinajstić information content (AvgIpc) is 2.67. The maximum Gasteiger partial charge on any atom is 0.119 e. The van der Waals surface area contributed by atoms with E-state index in [9.17, 15) is 0 Å². The van der Waals surface area contributed by atoms with Gasteiger partial charge in [0.1, 0.15) is 5.75 Å². The van der Waals surface area contributed by atoms with E-state index in [1.807, 2.05) is 6.07 Å². The summed E-state index contributed by atoms with van der Waals surface area (Å²) in [6.45, 7) is 2.25. The molecule has 2 nitrogen and oxygen atoms in total. The van der Waals surface area contributed by atoms with Crippen molar-refractivity contribution in [2.24, 2.45) is 0 Å². The molecule has 1 saturated carbocycles. The molecule has 18 heavy (non-hydrogen) atoms. The smallest absolute Gasteiger partial charge is 0.119 e. The first-order chi connectivity index (χ1) is 8.79. The van der Waals surface area contributed by atoms with Crippen LogP contribution in [0.4, 0.5) is 0 Å². The SMILES string of the molecule is COc1cccc(C(C)NC2CCCCCC2)c1. The fourth-order valence-electron chi connectivity index (χ4n) is 2.81. The van der Waals surface area contributed by atoms with Gasteiger partial charge in [0, 0.05) is 12.1 Å². The fourth-order valence-corrected chi connectivity index (χ4v) is 2.81. The van der Waals surface area contributed by atoms with Crippen molar-refractivity contribution in [3.63, 3.8) is 0 Å². The lowest BCUT2D eigenvalue weighted by atomic mass is 10.0. The molecule has 1 atom stereocenters. The summed E-state index contributed by atoms with van der Waals surface area (Å²) in [5, 5.41) is 3.77. The fraction of sp³-hybridized carbons (Fsp3) is 0.625. The van der Waals surface area contributed by atoms with E-state index in [4.69, 9.17) is 4.74 Å². The summed E-state index contributed by atoms with van der Waals surface area (Å²) in [5.41, 5.74) is 1.32. The molecule has 1 aliphatic carbocycles. The van der Waals surface area contributed by atoms with Gasteiger partial charge in [0.15, 0.2) is 0 Å². The molecule has 1 N–H and O–H groups in total. The van der Waals surface area contributed by atoms with E-state index in [2.05, 4.69) is 30.4 Å². The van der Waals surface area contributed by atoms with E-state index in [1.165, 1.54) is 44.1 Å². The predicted octanol–water partition coefficient (Wildman–Crippen LogP) is 4.07. The zero-order valence-electron chi connectivity index (χ0n) is 11.6. The van der Waals surface area contributed by atoms with E-state index in [0.717, 1.165) is 5.75 Å². The van der Waals surface area contributed by atoms with Crippen LogP contribution in [0.3, 0.4) is 0 Å². The van der Waals surface area contributed by atoms with Gasteiger partial charge in [0.25, 0.3) is 0 Å². The predicted molar refractivity (Wildman–Crippen MR) is 76.0 cm³/mol. The molecule has 1 unspecified atom stereocenters. The van der Waals surface area contributed by atoms with Gasteiger partial charge < -0.3 is 10.1 Å². The minimum absolute atomic E-state index is 0.406. The highest BCUT2D eigenvalue weighted by Gasteiger charge is 2.15. The monoisotopic (exact) mass is 247 g/mol. The third-order valence-electron chi connectivity index (χ3n) is 3.93. The Kier molecular flexibility index (Phi) is 5.06. The van der Waals surface area contributed by atoms with Crippen LogP contribution in [0.2, 0.25) is 0 Å². The summed E-state index contributed by atoms with van der Waals surface area (Å²) in [6, 6.07) is 9.48. The van der Waals surface area contributed by atoms with Crippen LogP contribution in [-0.2, 0) is 0 Å². The van der Waals surface area contributed by atoms with Crippen molar-refractivity contribution in [2.75, 3.05) is 7.11 Å². The number of benzene rings is 1. The summed E-state index contributed by atoms with van der Waals surface area (Å²) in [7, 11) is 1.72. The number of nitrogens with one attached hydrogen (secondary N) is 1. The average molecular weight is 247 g/mol. The van der Waals surface area contributed by atoms with Crippen LogP contribution in [0.1, 0.15) is 57.1 Å². The van der Waals surface area contributed by atoms with Crippen LogP contribution in [0, 0.1) is 0 Å². The Morgan fingerprint density at radius 3 is 2.56 bits per heavy atom. The molecular weight excluding hydrogens is 222 g/mol. The Morgan fingerprint density at radius 2 is 1.89 bits per heavy atom. The van der Waals surface area contributed by atoms with Gasteiger partial charge >= 0.3 is 0 Å². The van der Waals surface area contributed by atoms with Crippen LogP contribution >= 0.6 is 0 Å². The molecule has 0 amide bonds. The Balaban J connectivity index is 1.95. The molecule has 1 aromatic rings. The molecule has 100 valence electrons. The van der Waals surface area contributed by atoms with Gasteiger partial charge in [-0.3, -0.25) is 0 Å². The van der Waals surface area contributed by atoms with Crippen molar-refractivity contribution in [2.45, 2.75) is 57.5 Å². The molecule has 1 fully saturated rings. The molecule has 0 spiro atoms. The van der Waals surface area contributed by atoms with E-state index in [1.54, 1.807) is 7.11 Å². The van der Waals surface area contributed by atoms with Crippen LogP contribution in [0.25, 0.3) is 0 Å². The lowest BCUT2D eigenvalue weighted by molar-refractivity contribution is 0.403. The second-order valence-electron chi connectivity index (χ2n) is 5.35. The van der Waals surface area contributed by atoms with Crippen molar-refractivity contribution < 1.29 is 4.74 Å². The Bertz CT molecular complexity index is 356. The second kappa shape index (κ2) is 6.79. The van der Waals surface area contributed by atoms with Crippen molar-refractivity contribution in [1.82, 2.24) is 5.32 Å². The van der Waals surface area contributed by atoms with Crippen molar-refractivity contribution >= 4 is 0 Å². The number of hydrogen-bond acceptors (Lipinski definition) is 2. The van der Waals surface area contributed by atoms with Gasteiger partial charge in [-0.2, -0.15) is 0 Å². The summed E-state index contributed by atoms with van der Waals surface area (Å²) in [4.78, 5) is 0. The third-order valence-corrected chi connectivity index (χ3v) is 3.93. The molecular formula is C16H25NO. The number of rotatable bonds is 4. The van der Waals surface area contributed by atoms with Gasteiger partial charge in [-0.05, 0) is 37.5 Å². The molecule has 1 aliphatic rings. The second-order valence-corrected chi connectivity index (χ2v) is 5.35. The number of methoxy groups -OCH3 is 1. The first-order valence-corrected chi connectivity index (χ1v) is 7.19. The van der Waals surface area contributed by atoms with Crippen LogP contribution in [0.15, 0.2) is 24.3 Å². The molecule has 0 saturated heterocycles. The summed E-state index contributed by atoms with van der Waals surface area (Å²) in [5.74, 6) is 0.946. The highest BCUT2D eigenvalue weighted by molar-refractivity contribution is 5.30. The Labute approximate surface area is 111 Å². The molecule has 0 radical (unpaired) electrons. The van der Waals surface area contributed by atoms with Crippen LogP contribution in [0.5, 0.6) is 5.75 Å². The summed E-state index contributed by atoms with van der Waals surface area (Å²) in [6.07, 6.45) is 8.23. The molecule has 1 aromatic carbocycles. The minimum Gasteiger partial charge on any atom is -0.497 e. The molecule has 2 rings (SSSR count). The number of ether oxygens (including phenoxy) is 1. The molecule has 0 aromatic heterocycles. The van der Waals surface area contributed by atoms with E-state index in [-0.39, 0.29) is 0 Å². The zero-order valence-corrected chi connectivity index (χ0v) is 11.6. The zero-order chi connectivity index (χ0) is 12.8. The topological polar surface area (TPSA) is 21.3 Å². The third kappa shape index (κ3) is 3.74. The highest BCUT2D eigenvalue weighted by atomic mass is 16.5. The molecule has 0 aliphatic heterocycles. The number of hydrogen-bond donors (Lipinski definition) is 1. The van der Waals surface area contributed by atoms with Gasteiger partial charge in [0.2, 0.25) is 0 Å². The van der Waals surface area contributed by atoms with Gasteiger partial charge in [-0.25, -0.2) is 0 Å². The van der Waals surface area contributed by atoms with Crippen molar-refractivity contribution in [3.05, 3.63) is 29.8 Å². The standard InChI is InChI=1S/C16H25NO/c1-13(14-8-7-11-16(12-14)18-2)17-15-9-5-3-4-6-10-15/h7-8,11-13,15,17H,3-6,9-10H2,1-2H3. The lowest BCUT2D eigenvalue weighted by Crippen LogP contribution is -2.31. The Morgan fingerprint density at radius 1 is 1.17 bits per heavy atom. The summed E-state index contributed by atoms with van der Waals surface area (Å²) >= 11 is 0. The first-order valence-electron chi connectivity index (χ1n) is 7.19. The van der Waals surface area contributed by atoms with E-state index < -0.39 is 0 Å². The van der Waals surface area contributed by atoms with E-state index in [0.29, 0.717) is 12.1 Å². The van der Waals surface area contributed by atoms with Gasteiger partial charge in [0.05, 0.1) is 7.11 Å². The normalized spacial score (nSPS) is 19.2. The molecule has 0 bridgehead atoms. The quantitative estimate of drug-likeness (QED) is 0.810. The van der Waals surface area contributed by atoms with Gasteiger partial charge in [-0.15, -0.1) is 0 Å². The van der Waals surface area contributed by atoms with Crippen LogP contribution < -0.4 is 10.1 Å². The van der Waals surface area contributed by atoms with Crippen molar-refractivity contribution in [1.29, 1.82) is 0 Å². The molecule has 0 heterocycles. The minimum atomic E-state index is 0.406. The lowest BCUT2D eigenvalue weighted by Gasteiger charge is -2.22. The largest absolute Gasteiger partial charge is 0.497 e.